The van der Waals surface area contributed by atoms with Crippen molar-refractivity contribution in [3.63, 3.8) is 0 Å². The molecule has 1 aliphatic rings. The van der Waals surface area contributed by atoms with E-state index in [1.165, 1.54) is 0 Å². The standard InChI is InChI=1S/C15H18N2OS/c1-2-7-16-14-5-3-13(4-6-14)12-15(18)17-8-10-19-11-9-17/h1,3-6,16H,7-12H2. The zero-order chi connectivity index (χ0) is 13.5. The van der Waals surface area contributed by atoms with E-state index in [0.29, 0.717) is 13.0 Å². The van der Waals surface area contributed by atoms with Gasteiger partial charge in [-0.15, -0.1) is 6.42 Å². The fourth-order valence-corrected chi connectivity index (χ4v) is 2.90. The number of hydrogen-bond acceptors (Lipinski definition) is 3. The van der Waals surface area contributed by atoms with Gasteiger partial charge in [-0.25, -0.2) is 0 Å². The second-order valence-electron chi connectivity index (χ2n) is 4.42. The number of carbonyl (C=O) groups excluding carboxylic acids is 1. The number of terminal acetylenes is 1. The number of rotatable bonds is 4. The smallest absolute Gasteiger partial charge is 0.227 e. The van der Waals surface area contributed by atoms with Crippen LogP contribution in [0.25, 0.3) is 0 Å². The molecule has 0 saturated carbocycles. The summed E-state index contributed by atoms with van der Waals surface area (Å²) in [6, 6.07) is 7.89. The van der Waals surface area contributed by atoms with Gasteiger partial charge in [-0.1, -0.05) is 18.1 Å². The van der Waals surface area contributed by atoms with Gasteiger partial charge < -0.3 is 10.2 Å². The Morgan fingerprint density at radius 2 is 2.00 bits per heavy atom. The highest BCUT2D eigenvalue weighted by Crippen LogP contribution is 2.13. The minimum atomic E-state index is 0.227. The van der Waals surface area contributed by atoms with E-state index in [4.69, 9.17) is 6.42 Å². The molecule has 0 aliphatic carbocycles. The summed E-state index contributed by atoms with van der Waals surface area (Å²) in [7, 11) is 0. The van der Waals surface area contributed by atoms with Gasteiger partial charge in [-0.05, 0) is 17.7 Å². The van der Waals surface area contributed by atoms with Crippen molar-refractivity contribution in [3.8, 4) is 12.3 Å². The minimum absolute atomic E-state index is 0.227. The molecule has 1 aromatic rings. The van der Waals surface area contributed by atoms with Crippen LogP contribution in [0, 0.1) is 12.3 Å². The molecule has 1 aliphatic heterocycles. The van der Waals surface area contributed by atoms with E-state index < -0.39 is 0 Å². The molecular weight excluding hydrogens is 256 g/mol. The molecule has 19 heavy (non-hydrogen) atoms. The lowest BCUT2D eigenvalue weighted by atomic mass is 10.1. The van der Waals surface area contributed by atoms with Gasteiger partial charge in [0.05, 0.1) is 13.0 Å². The molecule has 0 unspecified atom stereocenters. The lowest BCUT2D eigenvalue weighted by Crippen LogP contribution is -2.38. The van der Waals surface area contributed by atoms with E-state index >= 15 is 0 Å². The topological polar surface area (TPSA) is 32.3 Å². The third-order valence-electron chi connectivity index (χ3n) is 3.07. The highest BCUT2D eigenvalue weighted by atomic mass is 32.2. The molecule has 100 valence electrons. The van der Waals surface area contributed by atoms with Crippen LogP contribution in [-0.2, 0) is 11.2 Å². The number of benzene rings is 1. The van der Waals surface area contributed by atoms with Crippen LogP contribution in [-0.4, -0.2) is 41.9 Å². The lowest BCUT2D eigenvalue weighted by Gasteiger charge is -2.26. The van der Waals surface area contributed by atoms with Crippen LogP contribution in [0.1, 0.15) is 5.56 Å². The summed E-state index contributed by atoms with van der Waals surface area (Å²) in [5, 5.41) is 3.10. The SMILES string of the molecule is C#CCNc1ccc(CC(=O)N2CCSCC2)cc1. The summed E-state index contributed by atoms with van der Waals surface area (Å²) in [6.45, 7) is 2.28. The first-order valence-electron chi connectivity index (χ1n) is 6.41. The highest BCUT2D eigenvalue weighted by molar-refractivity contribution is 7.99. The average molecular weight is 274 g/mol. The molecule has 1 N–H and O–H groups in total. The second kappa shape index (κ2) is 7.10. The summed E-state index contributed by atoms with van der Waals surface area (Å²) in [5.41, 5.74) is 2.04. The first-order chi connectivity index (χ1) is 9.29. The molecule has 0 atom stereocenters. The van der Waals surface area contributed by atoms with Crippen molar-refractivity contribution in [2.75, 3.05) is 36.5 Å². The molecule has 1 fully saturated rings. The van der Waals surface area contributed by atoms with E-state index in [2.05, 4.69) is 11.2 Å². The first-order valence-corrected chi connectivity index (χ1v) is 7.57. The summed E-state index contributed by atoms with van der Waals surface area (Å²) in [4.78, 5) is 14.1. The maximum Gasteiger partial charge on any atom is 0.227 e. The Morgan fingerprint density at radius 1 is 1.32 bits per heavy atom. The number of amides is 1. The number of nitrogens with one attached hydrogen (secondary N) is 1. The third kappa shape index (κ3) is 4.22. The maximum atomic E-state index is 12.1. The Morgan fingerprint density at radius 3 is 2.63 bits per heavy atom. The van der Waals surface area contributed by atoms with Crippen LogP contribution in [0.3, 0.4) is 0 Å². The predicted molar refractivity (Wildman–Crippen MR) is 81.4 cm³/mol. The molecular formula is C15H18N2OS. The number of thioether (sulfide) groups is 1. The summed E-state index contributed by atoms with van der Waals surface area (Å²) in [5.74, 6) is 4.87. The van der Waals surface area contributed by atoms with Crippen LogP contribution in [0.4, 0.5) is 5.69 Å². The molecule has 0 radical (unpaired) electrons. The van der Waals surface area contributed by atoms with Crippen LogP contribution in [0.2, 0.25) is 0 Å². The molecule has 1 amide bonds. The fraction of sp³-hybridized carbons (Fsp3) is 0.400. The fourth-order valence-electron chi connectivity index (χ4n) is 1.99. The van der Waals surface area contributed by atoms with Crippen molar-refractivity contribution in [1.29, 1.82) is 0 Å². The summed E-state index contributed by atoms with van der Waals surface area (Å²) in [6.07, 6.45) is 5.68. The first kappa shape index (κ1) is 13.8. The molecule has 1 saturated heterocycles. The lowest BCUT2D eigenvalue weighted by molar-refractivity contribution is -0.130. The van der Waals surface area contributed by atoms with Gasteiger partial charge in [0.1, 0.15) is 0 Å². The normalized spacial score (nSPS) is 14.8. The summed E-state index contributed by atoms with van der Waals surface area (Å²) < 4.78 is 0. The average Bonchev–Trinajstić information content (AvgIpc) is 2.47. The monoisotopic (exact) mass is 274 g/mol. The molecule has 0 aromatic heterocycles. The molecule has 0 spiro atoms. The molecule has 3 nitrogen and oxygen atoms in total. The van der Waals surface area contributed by atoms with E-state index in [9.17, 15) is 4.79 Å². The number of hydrogen-bond donors (Lipinski definition) is 1. The van der Waals surface area contributed by atoms with E-state index in [1.54, 1.807) is 0 Å². The van der Waals surface area contributed by atoms with Crippen LogP contribution in [0.5, 0.6) is 0 Å². The van der Waals surface area contributed by atoms with Gasteiger partial charge in [0.2, 0.25) is 5.91 Å². The van der Waals surface area contributed by atoms with Crippen molar-refractivity contribution in [2.45, 2.75) is 6.42 Å². The van der Waals surface area contributed by atoms with Crippen molar-refractivity contribution < 1.29 is 4.79 Å². The van der Waals surface area contributed by atoms with Crippen molar-refractivity contribution in [3.05, 3.63) is 29.8 Å². The largest absolute Gasteiger partial charge is 0.374 e. The predicted octanol–water partition coefficient (Wildman–Crippen LogP) is 1.85. The number of carbonyl (C=O) groups is 1. The number of nitrogens with zero attached hydrogens (tertiary/aromatic N) is 1. The van der Waals surface area contributed by atoms with Gasteiger partial charge in [0, 0.05) is 30.3 Å². The molecule has 1 aromatic carbocycles. The molecule has 1 heterocycles. The van der Waals surface area contributed by atoms with Gasteiger partial charge in [0.15, 0.2) is 0 Å². The zero-order valence-electron chi connectivity index (χ0n) is 10.9. The third-order valence-corrected chi connectivity index (χ3v) is 4.01. The van der Waals surface area contributed by atoms with Crippen molar-refractivity contribution >= 4 is 23.4 Å². The van der Waals surface area contributed by atoms with Gasteiger partial charge in [-0.3, -0.25) is 4.79 Å². The van der Waals surface area contributed by atoms with Gasteiger partial charge in [0.25, 0.3) is 0 Å². The Kier molecular flexibility index (Phi) is 5.17. The van der Waals surface area contributed by atoms with E-state index in [0.717, 1.165) is 35.8 Å². The quantitative estimate of drug-likeness (QED) is 0.851. The highest BCUT2D eigenvalue weighted by Gasteiger charge is 2.16. The number of anilines is 1. The second-order valence-corrected chi connectivity index (χ2v) is 5.65. The van der Waals surface area contributed by atoms with Gasteiger partial charge in [-0.2, -0.15) is 11.8 Å². The summed E-state index contributed by atoms with van der Waals surface area (Å²) >= 11 is 1.91. The Bertz CT molecular complexity index is 458. The van der Waals surface area contributed by atoms with Crippen molar-refractivity contribution in [1.82, 2.24) is 4.90 Å². The van der Waals surface area contributed by atoms with Crippen molar-refractivity contribution in [2.24, 2.45) is 0 Å². The van der Waals surface area contributed by atoms with Gasteiger partial charge >= 0.3 is 0 Å². The maximum absolute atomic E-state index is 12.1. The molecule has 4 heteroatoms. The molecule has 2 rings (SSSR count). The van der Waals surface area contributed by atoms with Crippen LogP contribution < -0.4 is 5.32 Å². The van der Waals surface area contributed by atoms with Crippen LogP contribution >= 0.6 is 11.8 Å². The van der Waals surface area contributed by atoms with E-state index in [1.807, 2.05) is 40.9 Å². The van der Waals surface area contributed by atoms with E-state index in [-0.39, 0.29) is 5.91 Å². The zero-order valence-corrected chi connectivity index (χ0v) is 11.7. The molecule has 0 bridgehead atoms. The van der Waals surface area contributed by atoms with Crippen LogP contribution in [0.15, 0.2) is 24.3 Å². The Hall–Kier alpha value is -1.60. The Labute approximate surface area is 118 Å². The Balaban J connectivity index is 1.88. The minimum Gasteiger partial charge on any atom is -0.374 e.